The largest absolute Gasteiger partial charge is 0.354 e. The molecule has 0 unspecified atom stereocenters. The van der Waals surface area contributed by atoms with Crippen LogP contribution in [0.1, 0.15) is 123 Å². The number of para-hydroxylation sites is 2. The van der Waals surface area contributed by atoms with E-state index < -0.39 is 0 Å². The van der Waals surface area contributed by atoms with Gasteiger partial charge in [-0.1, -0.05) is 88.4 Å². The first kappa shape index (κ1) is 47.0. The molecule has 0 radical (unpaired) electrons. The fraction of sp³-hybridized carbons (Fsp3) is 0.310. The van der Waals surface area contributed by atoms with Gasteiger partial charge in [-0.05, 0) is 133 Å². The minimum Gasteiger partial charge on any atom is -0.354 e. The number of allylic oxidation sites excluding steroid dienone is 4. The zero-order valence-corrected chi connectivity index (χ0v) is 42.3. The Balaban J connectivity index is 1.39. The van der Waals surface area contributed by atoms with Gasteiger partial charge in [0, 0.05) is 80.5 Å². The molecule has 10 rings (SSSR count). The first-order valence-electron chi connectivity index (χ1n) is 24.2. The zero-order valence-electron chi connectivity index (χ0n) is 40.7. The number of nitrogens with one attached hydrogen (secondary N) is 4. The summed E-state index contributed by atoms with van der Waals surface area (Å²) >= 11 is 3.54. The van der Waals surface area contributed by atoms with Gasteiger partial charge in [-0.3, -0.25) is 9.59 Å². The van der Waals surface area contributed by atoms with Crippen LogP contribution in [0.25, 0.3) is 66.6 Å². The number of benzene rings is 3. The van der Waals surface area contributed by atoms with Crippen LogP contribution in [0.2, 0.25) is 0 Å². The normalized spacial score (nSPS) is 15.0. The number of anilines is 2. The minimum atomic E-state index is -0.0209. The predicted molar refractivity (Wildman–Crippen MR) is 291 cm³/mol. The number of nitrogens with zero attached hydrogens (tertiary/aromatic N) is 2. The summed E-state index contributed by atoms with van der Waals surface area (Å²) < 4.78 is 0. The van der Waals surface area contributed by atoms with Gasteiger partial charge in [0.1, 0.15) is 0 Å². The lowest BCUT2D eigenvalue weighted by atomic mass is 9.94. The maximum Gasteiger partial charge on any atom is 0.225 e. The van der Waals surface area contributed by atoms with Crippen molar-refractivity contribution >= 4 is 91.1 Å². The number of carbonyl (C=O) groups excluding carboxylic acids is 2. The van der Waals surface area contributed by atoms with Crippen molar-refractivity contribution in [3.63, 3.8) is 0 Å². The van der Waals surface area contributed by atoms with Gasteiger partial charge in [0.05, 0.1) is 33.8 Å². The highest BCUT2D eigenvalue weighted by Gasteiger charge is 2.27. The van der Waals surface area contributed by atoms with Crippen molar-refractivity contribution in [1.82, 2.24) is 19.9 Å². The molecule has 3 aromatic heterocycles. The molecule has 0 fully saturated rings. The van der Waals surface area contributed by atoms with Crippen molar-refractivity contribution in [2.45, 2.75) is 105 Å². The molecule has 7 heterocycles. The van der Waals surface area contributed by atoms with Crippen LogP contribution in [0.4, 0.5) is 11.4 Å². The monoisotopic (exact) mass is 938 g/mol. The Kier molecular flexibility index (Phi) is 14.0. The van der Waals surface area contributed by atoms with Crippen molar-refractivity contribution in [2.24, 2.45) is 0 Å². The SMILES string of the molecule is CCC1=C(C)c2nc1cc1[nH]c(c(C)c1CC)c1c3nc(cc4[nH]c(c(C)c4CC)c2-c2ccccc2NC(=O)CCSCc2cccc(c2)CSCCC(=O)Nc2ccccc2-1)C(CC)=C3C. The molecule has 348 valence electrons. The molecule has 0 atom stereocenters. The van der Waals surface area contributed by atoms with Gasteiger partial charge in [-0.2, -0.15) is 23.5 Å². The third-order valence-corrected chi connectivity index (χ3v) is 16.0. The molecule has 68 heavy (non-hydrogen) atoms. The third-order valence-electron chi connectivity index (χ3n) is 13.9. The maximum atomic E-state index is 13.9. The van der Waals surface area contributed by atoms with Crippen molar-refractivity contribution in [3.8, 4) is 22.3 Å². The number of aromatic nitrogens is 4. The van der Waals surface area contributed by atoms with Crippen molar-refractivity contribution in [2.75, 3.05) is 22.1 Å². The second kappa shape index (κ2) is 20.2. The molecule has 0 aliphatic carbocycles. The van der Waals surface area contributed by atoms with Crippen LogP contribution in [0.3, 0.4) is 0 Å². The average Bonchev–Trinajstić information content (AvgIpc) is 4.03. The number of H-pyrrole nitrogens is 2. The molecule has 0 spiro atoms. The van der Waals surface area contributed by atoms with Crippen LogP contribution in [0, 0.1) is 13.8 Å². The lowest BCUT2D eigenvalue weighted by Crippen LogP contribution is -2.13. The quantitative estimate of drug-likeness (QED) is 0.140. The summed E-state index contributed by atoms with van der Waals surface area (Å²) in [7, 11) is 0. The van der Waals surface area contributed by atoms with Crippen molar-refractivity contribution < 1.29 is 9.59 Å². The number of thioether (sulfide) groups is 2. The van der Waals surface area contributed by atoms with Crippen LogP contribution in [-0.4, -0.2) is 43.3 Å². The van der Waals surface area contributed by atoms with Gasteiger partial charge in [0.25, 0.3) is 0 Å². The number of aromatic amines is 2. The summed E-state index contributed by atoms with van der Waals surface area (Å²) in [6.07, 6.45) is 3.95. The standard InChI is InChI=1S/C58H62N6O2S2/c1-9-39-33(5)55-53-43-20-13-15-22-45(43)59-51(65)24-26-67-31-37-18-17-19-38(28-37)32-68-27-25-52(66)60-46-23-16-14-21-44(46)54(57-34(6)40(10-2)48(62-57)29-47(39)61-55)58-36(8)42(12-4)50(64-58)30-49-41(11-3)35(7)56(53)63-49/h13-23,28-30,61,64H,9-12,24-27,31-32H2,1-8H3,(H,59,65)(H,60,66). The molecular weight excluding hydrogens is 877 g/mol. The number of rotatable bonds is 4. The van der Waals surface area contributed by atoms with Crippen LogP contribution in [0.15, 0.2) is 84.9 Å². The van der Waals surface area contributed by atoms with Gasteiger partial charge in [-0.25, -0.2) is 9.97 Å². The molecule has 8 nitrogen and oxygen atoms in total. The number of carbonyl (C=O) groups is 2. The Morgan fingerprint density at radius 1 is 0.529 bits per heavy atom. The first-order chi connectivity index (χ1) is 33.0. The Hall–Kier alpha value is -6.10. The predicted octanol–water partition coefficient (Wildman–Crippen LogP) is 14.9. The Morgan fingerprint density at radius 3 is 1.37 bits per heavy atom. The number of hydrogen-bond acceptors (Lipinski definition) is 6. The Morgan fingerprint density at radius 2 is 0.956 bits per heavy atom. The van der Waals surface area contributed by atoms with Crippen molar-refractivity contribution in [3.05, 3.63) is 141 Å². The molecule has 0 saturated carbocycles. The Bertz CT molecular complexity index is 3020. The highest BCUT2D eigenvalue weighted by molar-refractivity contribution is 7.98. The molecule has 4 aliphatic heterocycles. The summed E-state index contributed by atoms with van der Waals surface area (Å²) in [6, 6.07) is 29.5. The number of hydrogen-bond donors (Lipinski definition) is 4. The van der Waals surface area contributed by atoms with Gasteiger partial charge < -0.3 is 20.6 Å². The van der Waals surface area contributed by atoms with E-state index in [2.05, 4.69) is 137 Å². The van der Waals surface area contributed by atoms with E-state index in [1.807, 2.05) is 24.3 Å². The lowest BCUT2D eigenvalue weighted by molar-refractivity contribution is -0.116. The molecule has 12 bridgehead atoms. The molecule has 4 N–H and O–H groups in total. The fourth-order valence-electron chi connectivity index (χ4n) is 10.4. The third kappa shape index (κ3) is 9.01. The number of fused-ring (bicyclic) bond motifs is 10. The number of amides is 2. The average molecular weight is 939 g/mol. The van der Waals surface area contributed by atoms with E-state index in [1.54, 1.807) is 23.5 Å². The molecule has 4 aliphatic rings. The highest BCUT2D eigenvalue weighted by atomic mass is 32.2. The van der Waals surface area contributed by atoms with Gasteiger partial charge in [0.15, 0.2) is 0 Å². The maximum absolute atomic E-state index is 13.9. The Labute approximate surface area is 409 Å². The van der Waals surface area contributed by atoms with E-state index in [0.29, 0.717) is 24.3 Å². The van der Waals surface area contributed by atoms with E-state index in [4.69, 9.17) is 9.97 Å². The van der Waals surface area contributed by atoms with Gasteiger partial charge >= 0.3 is 0 Å². The number of aryl methyl sites for hydroxylation is 4. The molecular formula is C58H62N6O2S2. The smallest absolute Gasteiger partial charge is 0.225 e. The molecule has 2 amide bonds. The topological polar surface area (TPSA) is 116 Å². The molecule has 0 saturated heterocycles. The van der Waals surface area contributed by atoms with E-state index in [0.717, 1.165) is 138 Å². The van der Waals surface area contributed by atoms with E-state index in [1.165, 1.54) is 33.4 Å². The van der Waals surface area contributed by atoms with E-state index >= 15 is 0 Å². The van der Waals surface area contributed by atoms with Gasteiger partial charge in [-0.15, -0.1) is 0 Å². The molecule has 3 aromatic carbocycles. The second-order valence-corrected chi connectivity index (χ2v) is 20.2. The summed E-state index contributed by atoms with van der Waals surface area (Å²) in [4.78, 5) is 47.0. The molecule has 10 heteroatoms. The highest BCUT2D eigenvalue weighted by Crippen LogP contribution is 2.46. The lowest BCUT2D eigenvalue weighted by Gasteiger charge is -2.14. The van der Waals surface area contributed by atoms with Crippen LogP contribution in [-0.2, 0) is 33.9 Å². The van der Waals surface area contributed by atoms with E-state index in [9.17, 15) is 9.59 Å². The fourth-order valence-corrected chi connectivity index (χ4v) is 12.2. The summed E-state index contributed by atoms with van der Waals surface area (Å²) in [5.41, 5.74) is 24.6. The summed E-state index contributed by atoms with van der Waals surface area (Å²) in [5.74, 6) is 2.97. The second-order valence-electron chi connectivity index (χ2n) is 18.0. The summed E-state index contributed by atoms with van der Waals surface area (Å²) in [5, 5.41) is 6.71. The zero-order chi connectivity index (χ0) is 47.6. The van der Waals surface area contributed by atoms with Crippen molar-refractivity contribution in [1.29, 1.82) is 0 Å². The minimum absolute atomic E-state index is 0.0209. The van der Waals surface area contributed by atoms with Gasteiger partial charge in [0.2, 0.25) is 11.8 Å². The van der Waals surface area contributed by atoms with Crippen LogP contribution in [0.5, 0.6) is 0 Å². The summed E-state index contributed by atoms with van der Waals surface area (Å²) in [6.45, 7) is 17.6. The van der Waals surface area contributed by atoms with Crippen LogP contribution < -0.4 is 10.6 Å². The first-order valence-corrected chi connectivity index (χ1v) is 26.6. The molecule has 6 aromatic rings. The van der Waals surface area contributed by atoms with Crippen LogP contribution >= 0.6 is 23.5 Å². The van der Waals surface area contributed by atoms with E-state index in [-0.39, 0.29) is 11.8 Å².